The fourth-order valence-electron chi connectivity index (χ4n) is 2.07. The molecule has 1 aromatic rings. The first kappa shape index (κ1) is 11.1. The van der Waals surface area contributed by atoms with Crippen molar-refractivity contribution in [3.8, 4) is 0 Å². The number of hydrogen-bond donors (Lipinski definition) is 1. The third-order valence-electron chi connectivity index (χ3n) is 2.91. The fraction of sp³-hybridized carbons (Fsp3) is 0.417. The summed E-state index contributed by atoms with van der Waals surface area (Å²) in [4.78, 5) is 11.3. The highest BCUT2D eigenvalue weighted by molar-refractivity contribution is 5.76. The van der Waals surface area contributed by atoms with Crippen LogP contribution in [0.5, 0.6) is 0 Å². The van der Waals surface area contributed by atoms with Crippen molar-refractivity contribution in [3.05, 3.63) is 35.6 Å². The van der Waals surface area contributed by atoms with Crippen LogP contribution in [0.2, 0.25) is 0 Å². The molecule has 3 nitrogen and oxygen atoms in total. The number of hydrogen-bond acceptors (Lipinski definition) is 3. The minimum absolute atomic E-state index is 0.0923. The maximum Gasteiger partial charge on any atom is 0.322 e. The van der Waals surface area contributed by atoms with E-state index in [-0.39, 0.29) is 23.9 Å². The van der Waals surface area contributed by atoms with Crippen molar-refractivity contribution < 1.29 is 13.9 Å². The van der Waals surface area contributed by atoms with Crippen LogP contribution in [0.1, 0.15) is 24.4 Å². The van der Waals surface area contributed by atoms with Crippen LogP contribution in [-0.2, 0) is 9.53 Å². The Morgan fingerprint density at radius 2 is 2.19 bits per heavy atom. The van der Waals surface area contributed by atoms with Gasteiger partial charge in [0.1, 0.15) is 11.9 Å². The number of carbonyl (C=O) groups excluding carboxylic acids is 1. The zero-order chi connectivity index (χ0) is 11.5. The van der Waals surface area contributed by atoms with Gasteiger partial charge in [0.15, 0.2) is 0 Å². The quantitative estimate of drug-likeness (QED) is 0.777. The predicted octanol–water partition coefficient (Wildman–Crippen LogP) is 1.79. The van der Waals surface area contributed by atoms with E-state index in [9.17, 15) is 9.18 Å². The summed E-state index contributed by atoms with van der Waals surface area (Å²) in [6.07, 6.45) is 1.44. The second-order valence-electron chi connectivity index (χ2n) is 3.89. The van der Waals surface area contributed by atoms with Gasteiger partial charge in [-0.2, -0.15) is 0 Å². The largest absolute Gasteiger partial charge is 0.468 e. The Balaban J connectivity index is 2.09. The molecule has 1 aliphatic rings. The molecule has 0 bridgehead atoms. The van der Waals surface area contributed by atoms with E-state index in [0.717, 1.165) is 6.42 Å². The fourth-order valence-corrected chi connectivity index (χ4v) is 2.07. The van der Waals surface area contributed by atoms with Gasteiger partial charge in [-0.3, -0.25) is 10.1 Å². The Bertz CT molecular complexity index is 394. The second kappa shape index (κ2) is 4.61. The second-order valence-corrected chi connectivity index (χ2v) is 3.89. The molecule has 0 unspecified atom stereocenters. The average Bonchev–Trinajstić information content (AvgIpc) is 2.78. The lowest BCUT2D eigenvalue weighted by Gasteiger charge is -2.13. The molecule has 1 aromatic carbocycles. The minimum atomic E-state index is -0.311. The summed E-state index contributed by atoms with van der Waals surface area (Å²) in [5.74, 6) is -0.510. The Hall–Kier alpha value is -1.42. The number of esters is 1. The molecule has 0 aliphatic carbocycles. The summed E-state index contributed by atoms with van der Waals surface area (Å²) < 4.78 is 18.1. The van der Waals surface area contributed by atoms with Crippen LogP contribution in [-0.4, -0.2) is 19.1 Å². The Morgan fingerprint density at radius 1 is 1.44 bits per heavy atom. The molecule has 0 saturated carbocycles. The number of carbonyl (C=O) groups is 1. The van der Waals surface area contributed by atoms with Gasteiger partial charge in [0, 0.05) is 11.6 Å². The van der Waals surface area contributed by atoms with Crippen LogP contribution in [0, 0.1) is 5.82 Å². The molecule has 1 N–H and O–H groups in total. The Morgan fingerprint density at radius 3 is 2.88 bits per heavy atom. The summed E-state index contributed by atoms with van der Waals surface area (Å²) in [6.45, 7) is 0. The van der Waals surface area contributed by atoms with Gasteiger partial charge in [-0.25, -0.2) is 4.39 Å². The zero-order valence-corrected chi connectivity index (χ0v) is 9.07. The number of ether oxygens (including phenoxy) is 1. The number of methoxy groups -OCH3 is 1. The summed E-state index contributed by atoms with van der Waals surface area (Å²) >= 11 is 0. The van der Waals surface area contributed by atoms with Crippen molar-refractivity contribution in [2.24, 2.45) is 0 Å². The van der Waals surface area contributed by atoms with Crippen molar-refractivity contribution in [3.63, 3.8) is 0 Å². The molecule has 0 spiro atoms. The SMILES string of the molecule is COC(=O)[C@@H]1CC[C@@H](c2ccccc2F)N1. The van der Waals surface area contributed by atoms with Gasteiger partial charge in [-0.15, -0.1) is 0 Å². The van der Waals surface area contributed by atoms with E-state index in [2.05, 4.69) is 10.1 Å². The molecule has 0 aromatic heterocycles. The molecule has 2 rings (SSSR count). The molecule has 1 heterocycles. The standard InChI is InChI=1S/C12H14FNO2/c1-16-12(15)11-7-6-10(14-11)8-4-2-3-5-9(8)13/h2-5,10-11,14H,6-7H2,1H3/t10-,11-/m0/s1. The molecule has 4 heteroatoms. The summed E-state index contributed by atoms with van der Waals surface area (Å²) in [7, 11) is 1.36. The van der Waals surface area contributed by atoms with Gasteiger partial charge < -0.3 is 4.74 Å². The highest BCUT2D eigenvalue weighted by Gasteiger charge is 2.31. The van der Waals surface area contributed by atoms with Crippen molar-refractivity contribution in [1.29, 1.82) is 0 Å². The molecule has 1 aliphatic heterocycles. The van der Waals surface area contributed by atoms with Gasteiger partial charge in [0.05, 0.1) is 7.11 Å². The third kappa shape index (κ3) is 2.07. The minimum Gasteiger partial charge on any atom is -0.468 e. The summed E-state index contributed by atoms with van der Waals surface area (Å²) in [6, 6.07) is 6.23. The average molecular weight is 223 g/mol. The molecular weight excluding hydrogens is 209 g/mol. The first-order valence-electron chi connectivity index (χ1n) is 5.30. The van der Waals surface area contributed by atoms with E-state index >= 15 is 0 Å². The van der Waals surface area contributed by atoms with Crippen LogP contribution in [0.15, 0.2) is 24.3 Å². The van der Waals surface area contributed by atoms with Gasteiger partial charge in [0.25, 0.3) is 0 Å². The van der Waals surface area contributed by atoms with Gasteiger partial charge >= 0.3 is 5.97 Å². The number of rotatable bonds is 2. The van der Waals surface area contributed by atoms with Gasteiger partial charge in [0.2, 0.25) is 0 Å². The van der Waals surface area contributed by atoms with Crippen LogP contribution in [0.25, 0.3) is 0 Å². The lowest BCUT2D eigenvalue weighted by molar-refractivity contribution is -0.142. The smallest absolute Gasteiger partial charge is 0.322 e. The molecule has 1 saturated heterocycles. The molecule has 0 radical (unpaired) electrons. The van der Waals surface area contributed by atoms with Crippen LogP contribution < -0.4 is 5.32 Å². The number of halogens is 1. The Labute approximate surface area is 93.6 Å². The van der Waals surface area contributed by atoms with Crippen LogP contribution in [0.4, 0.5) is 4.39 Å². The molecule has 2 atom stereocenters. The molecule has 16 heavy (non-hydrogen) atoms. The number of nitrogens with one attached hydrogen (secondary N) is 1. The summed E-state index contributed by atoms with van der Waals surface area (Å²) in [5.41, 5.74) is 0.619. The topological polar surface area (TPSA) is 38.3 Å². The van der Waals surface area contributed by atoms with Crippen molar-refractivity contribution in [2.45, 2.75) is 24.9 Å². The van der Waals surface area contributed by atoms with Crippen molar-refractivity contribution in [2.75, 3.05) is 7.11 Å². The van der Waals surface area contributed by atoms with E-state index in [4.69, 9.17) is 0 Å². The maximum atomic E-state index is 13.5. The van der Waals surface area contributed by atoms with E-state index in [0.29, 0.717) is 12.0 Å². The molecular formula is C12H14FNO2. The highest BCUT2D eigenvalue weighted by Crippen LogP contribution is 2.28. The molecule has 1 fully saturated rings. The zero-order valence-electron chi connectivity index (χ0n) is 9.07. The van der Waals surface area contributed by atoms with Crippen molar-refractivity contribution >= 4 is 5.97 Å². The van der Waals surface area contributed by atoms with E-state index < -0.39 is 0 Å². The lowest BCUT2D eigenvalue weighted by atomic mass is 10.0. The van der Waals surface area contributed by atoms with Gasteiger partial charge in [-0.1, -0.05) is 18.2 Å². The predicted molar refractivity (Wildman–Crippen MR) is 57.3 cm³/mol. The maximum absolute atomic E-state index is 13.5. The first-order valence-corrected chi connectivity index (χ1v) is 5.30. The highest BCUT2D eigenvalue weighted by atomic mass is 19.1. The van der Waals surface area contributed by atoms with E-state index in [1.54, 1.807) is 18.2 Å². The van der Waals surface area contributed by atoms with Crippen molar-refractivity contribution in [1.82, 2.24) is 5.32 Å². The number of benzene rings is 1. The van der Waals surface area contributed by atoms with E-state index in [1.165, 1.54) is 13.2 Å². The van der Waals surface area contributed by atoms with Crippen LogP contribution >= 0.6 is 0 Å². The first-order chi connectivity index (χ1) is 7.72. The Kier molecular flexibility index (Phi) is 3.19. The summed E-state index contributed by atoms with van der Waals surface area (Å²) in [5, 5.41) is 3.08. The lowest BCUT2D eigenvalue weighted by Crippen LogP contribution is -2.33. The normalized spacial score (nSPS) is 24.4. The molecule has 0 amide bonds. The molecule has 86 valence electrons. The van der Waals surface area contributed by atoms with Crippen LogP contribution in [0.3, 0.4) is 0 Å². The third-order valence-corrected chi connectivity index (χ3v) is 2.91. The van der Waals surface area contributed by atoms with Gasteiger partial charge in [-0.05, 0) is 18.9 Å². The van der Waals surface area contributed by atoms with E-state index in [1.807, 2.05) is 0 Å². The monoisotopic (exact) mass is 223 g/mol.